The van der Waals surface area contributed by atoms with Crippen LogP contribution in [-0.2, 0) is 14.3 Å². The van der Waals surface area contributed by atoms with Gasteiger partial charge in [-0.3, -0.25) is 14.5 Å². The van der Waals surface area contributed by atoms with Gasteiger partial charge in [0.15, 0.2) is 0 Å². The van der Waals surface area contributed by atoms with Gasteiger partial charge in [0.25, 0.3) is 0 Å². The molecule has 1 atom stereocenters. The summed E-state index contributed by atoms with van der Waals surface area (Å²) in [6, 6.07) is 0. The van der Waals surface area contributed by atoms with E-state index in [-0.39, 0.29) is 23.8 Å². The predicted molar refractivity (Wildman–Crippen MR) is 85.1 cm³/mol. The number of cyclic esters (lactones) is 1. The SMILES string of the molecule is O=C(CN1CCOC1=O)N1CC[C@@]2(CCCN(CC3CC3)C2=O)C1. The third-order valence-electron chi connectivity index (χ3n) is 5.88. The lowest BCUT2D eigenvalue weighted by Crippen LogP contribution is -2.51. The summed E-state index contributed by atoms with van der Waals surface area (Å²) in [5, 5.41) is 0. The summed E-state index contributed by atoms with van der Waals surface area (Å²) in [5.41, 5.74) is -0.381. The van der Waals surface area contributed by atoms with Crippen LogP contribution in [0.15, 0.2) is 0 Å². The summed E-state index contributed by atoms with van der Waals surface area (Å²) in [5.74, 6) is 0.874. The molecule has 0 unspecified atom stereocenters. The smallest absolute Gasteiger partial charge is 0.410 e. The highest BCUT2D eigenvalue weighted by Crippen LogP contribution is 2.41. The van der Waals surface area contributed by atoms with E-state index in [9.17, 15) is 14.4 Å². The second kappa shape index (κ2) is 5.93. The van der Waals surface area contributed by atoms with Gasteiger partial charge in [-0.15, -0.1) is 0 Å². The van der Waals surface area contributed by atoms with Gasteiger partial charge in [0.1, 0.15) is 13.2 Å². The average Bonchev–Trinajstić information content (AvgIpc) is 3.14. The Morgan fingerprint density at radius 3 is 2.67 bits per heavy atom. The molecule has 1 spiro atoms. The maximum atomic E-state index is 13.0. The lowest BCUT2D eigenvalue weighted by atomic mass is 9.78. The van der Waals surface area contributed by atoms with E-state index in [4.69, 9.17) is 4.74 Å². The van der Waals surface area contributed by atoms with Crippen LogP contribution in [0.2, 0.25) is 0 Å². The molecule has 1 aliphatic carbocycles. The minimum absolute atomic E-state index is 0.0644. The van der Waals surface area contributed by atoms with Gasteiger partial charge in [0.2, 0.25) is 11.8 Å². The first-order valence-corrected chi connectivity index (χ1v) is 9.06. The number of amides is 3. The minimum Gasteiger partial charge on any atom is -0.448 e. The van der Waals surface area contributed by atoms with Crippen molar-refractivity contribution in [3.05, 3.63) is 0 Å². The van der Waals surface area contributed by atoms with Crippen LogP contribution in [0.5, 0.6) is 0 Å². The number of hydrogen-bond acceptors (Lipinski definition) is 4. The van der Waals surface area contributed by atoms with Crippen molar-refractivity contribution in [2.24, 2.45) is 11.3 Å². The maximum absolute atomic E-state index is 13.0. The van der Waals surface area contributed by atoms with Gasteiger partial charge in [-0.05, 0) is 38.0 Å². The molecule has 132 valence electrons. The first-order valence-electron chi connectivity index (χ1n) is 9.06. The Hall–Kier alpha value is -1.79. The third-order valence-corrected chi connectivity index (χ3v) is 5.88. The molecule has 3 saturated heterocycles. The molecule has 4 fully saturated rings. The molecule has 0 radical (unpaired) electrons. The van der Waals surface area contributed by atoms with E-state index in [0.29, 0.717) is 32.2 Å². The highest BCUT2D eigenvalue weighted by atomic mass is 16.6. The van der Waals surface area contributed by atoms with Crippen LogP contribution in [-0.4, -0.2) is 78.5 Å². The molecule has 7 heteroatoms. The van der Waals surface area contributed by atoms with Crippen LogP contribution in [0.1, 0.15) is 32.1 Å². The highest BCUT2D eigenvalue weighted by molar-refractivity contribution is 5.87. The van der Waals surface area contributed by atoms with Gasteiger partial charge in [-0.2, -0.15) is 0 Å². The molecule has 0 bridgehead atoms. The number of nitrogens with zero attached hydrogens (tertiary/aromatic N) is 3. The molecular formula is C17H25N3O4. The molecule has 1 saturated carbocycles. The number of rotatable bonds is 4. The van der Waals surface area contributed by atoms with Gasteiger partial charge < -0.3 is 14.5 Å². The quantitative estimate of drug-likeness (QED) is 0.758. The van der Waals surface area contributed by atoms with E-state index in [1.807, 2.05) is 4.90 Å². The van der Waals surface area contributed by atoms with Crippen LogP contribution in [0, 0.1) is 11.3 Å². The van der Waals surface area contributed by atoms with Crippen molar-refractivity contribution in [1.29, 1.82) is 0 Å². The van der Waals surface area contributed by atoms with E-state index in [0.717, 1.165) is 32.4 Å². The molecule has 4 aliphatic rings. The van der Waals surface area contributed by atoms with Crippen LogP contribution in [0.4, 0.5) is 4.79 Å². The fraction of sp³-hybridized carbons (Fsp3) is 0.824. The summed E-state index contributed by atoms with van der Waals surface area (Å²) < 4.78 is 4.87. The Balaban J connectivity index is 1.38. The molecule has 24 heavy (non-hydrogen) atoms. The molecule has 4 rings (SSSR count). The summed E-state index contributed by atoms with van der Waals surface area (Å²) in [4.78, 5) is 42.2. The van der Waals surface area contributed by atoms with Crippen molar-refractivity contribution in [3.63, 3.8) is 0 Å². The van der Waals surface area contributed by atoms with E-state index in [1.165, 1.54) is 17.7 Å². The second-order valence-electron chi connectivity index (χ2n) is 7.68. The third kappa shape index (κ3) is 2.84. The summed E-state index contributed by atoms with van der Waals surface area (Å²) in [7, 11) is 0. The molecule has 0 aromatic rings. The molecular weight excluding hydrogens is 310 g/mol. The monoisotopic (exact) mass is 335 g/mol. The van der Waals surface area contributed by atoms with Crippen molar-refractivity contribution in [1.82, 2.24) is 14.7 Å². The van der Waals surface area contributed by atoms with Crippen molar-refractivity contribution >= 4 is 17.9 Å². The predicted octanol–water partition coefficient (Wildman–Crippen LogP) is 0.690. The standard InChI is InChI=1S/C17H25N3O4/c21-14(11-19-8-9-24-16(19)23)20-7-5-17(12-20)4-1-6-18(15(17)22)10-13-2-3-13/h13H,1-12H2/t17-/m0/s1. The summed E-state index contributed by atoms with van der Waals surface area (Å²) in [6.45, 7) is 3.77. The Kier molecular flexibility index (Phi) is 3.89. The average molecular weight is 335 g/mol. The maximum Gasteiger partial charge on any atom is 0.410 e. The van der Waals surface area contributed by atoms with Crippen molar-refractivity contribution in [3.8, 4) is 0 Å². The number of piperidine rings is 1. The molecule has 0 aromatic heterocycles. The Bertz CT molecular complexity index is 562. The topological polar surface area (TPSA) is 70.2 Å². The van der Waals surface area contributed by atoms with E-state index in [1.54, 1.807) is 4.90 Å². The van der Waals surface area contributed by atoms with Crippen LogP contribution < -0.4 is 0 Å². The minimum atomic E-state index is -0.415. The van der Waals surface area contributed by atoms with Gasteiger partial charge >= 0.3 is 6.09 Å². The second-order valence-corrected chi connectivity index (χ2v) is 7.68. The number of carbonyl (C=O) groups is 3. The highest BCUT2D eigenvalue weighted by Gasteiger charge is 2.50. The van der Waals surface area contributed by atoms with Crippen LogP contribution >= 0.6 is 0 Å². The summed E-state index contributed by atoms with van der Waals surface area (Å²) in [6.07, 6.45) is 4.73. The number of likely N-dealkylation sites (tertiary alicyclic amines) is 2. The largest absolute Gasteiger partial charge is 0.448 e. The fourth-order valence-electron chi connectivity index (χ4n) is 4.24. The molecule has 0 N–H and O–H groups in total. The number of ether oxygens (including phenoxy) is 1. The first-order chi connectivity index (χ1) is 11.6. The first kappa shape index (κ1) is 15.7. The molecule has 3 aliphatic heterocycles. The van der Waals surface area contributed by atoms with Gasteiger partial charge in [0.05, 0.1) is 12.0 Å². The van der Waals surface area contributed by atoms with Crippen LogP contribution in [0.25, 0.3) is 0 Å². The van der Waals surface area contributed by atoms with Gasteiger partial charge in [0, 0.05) is 26.2 Å². The van der Waals surface area contributed by atoms with Gasteiger partial charge in [-0.25, -0.2) is 4.79 Å². The molecule has 3 heterocycles. The van der Waals surface area contributed by atoms with Crippen molar-refractivity contribution in [2.45, 2.75) is 32.1 Å². The fourth-order valence-corrected chi connectivity index (χ4v) is 4.24. The lowest BCUT2D eigenvalue weighted by molar-refractivity contribution is -0.146. The Morgan fingerprint density at radius 2 is 1.96 bits per heavy atom. The normalized spacial score (nSPS) is 30.4. The van der Waals surface area contributed by atoms with Crippen LogP contribution in [0.3, 0.4) is 0 Å². The number of carbonyl (C=O) groups excluding carboxylic acids is 3. The summed E-state index contributed by atoms with van der Waals surface area (Å²) >= 11 is 0. The van der Waals surface area contributed by atoms with Crippen molar-refractivity contribution < 1.29 is 19.1 Å². The van der Waals surface area contributed by atoms with E-state index < -0.39 is 6.09 Å². The Morgan fingerprint density at radius 1 is 1.12 bits per heavy atom. The molecule has 0 aromatic carbocycles. The zero-order chi connectivity index (χ0) is 16.7. The van der Waals surface area contributed by atoms with E-state index in [2.05, 4.69) is 0 Å². The van der Waals surface area contributed by atoms with Gasteiger partial charge in [-0.1, -0.05) is 0 Å². The zero-order valence-electron chi connectivity index (χ0n) is 14.0. The number of hydrogen-bond donors (Lipinski definition) is 0. The lowest BCUT2D eigenvalue weighted by Gasteiger charge is -2.39. The molecule has 7 nitrogen and oxygen atoms in total. The van der Waals surface area contributed by atoms with E-state index >= 15 is 0 Å². The molecule has 3 amide bonds. The zero-order valence-corrected chi connectivity index (χ0v) is 14.0. The van der Waals surface area contributed by atoms with Crippen molar-refractivity contribution in [2.75, 3.05) is 45.9 Å². The Labute approximate surface area is 141 Å².